The third kappa shape index (κ3) is 4.22. The molecule has 1 atom stereocenters. The molecule has 20 heavy (non-hydrogen) atoms. The smallest absolute Gasteiger partial charge is 0.121 e. The third-order valence-corrected chi connectivity index (χ3v) is 3.67. The molecular weight excluding hydrogens is 248 g/mol. The van der Waals surface area contributed by atoms with Crippen molar-refractivity contribution in [2.45, 2.75) is 46.7 Å². The second-order valence-corrected chi connectivity index (χ2v) is 6.16. The first-order chi connectivity index (χ1) is 9.40. The summed E-state index contributed by atoms with van der Waals surface area (Å²) in [7, 11) is 1.71. The Morgan fingerprint density at radius 3 is 2.25 bits per heavy atom. The highest BCUT2D eigenvalue weighted by molar-refractivity contribution is 5.37. The van der Waals surface area contributed by atoms with Gasteiger partial charge in [0.1, 0.15) is 5.75 Å². The third-order valence-electron chi connectivity index (χ3n) is 3.67. The van der Waals surface area contributed by atoms with Crippen LogP contribution in [0.1, 0.15) is 44.9 Å². The number of benzene rings is 1. The van der Waals surface area contributed by atoms with Gasteiger partial charge in [-0.2, -0.15) is 0 Å². The zero-order valence-corrected chi connectivity index (χ0v) is 13.8. The van der Waals surface area contributed by atoms with Crippen LogP contribution in [0.25, 0.3) is 0 Å². The summed E-state index contributed by atoms with van der Waals surface area (Å²) in [5.74, 6) is 1.57. The van der Waals surface area contributed by atoms with E-state index in [4.69, 9.17) is 10.5 Å². The molecule has 0 saturated heterocycles. The number of rotatable bonds is 7. The molecule has 0 aromatic heterocycles. The molecule has 0 aliphatic rings. The van der Waals surface area contributed by atoms with E-state index in [0.717, 1.165) is 17.9 Å². The largest absolute Gasteiger partial charge is 0.496 e. The van der Waals surface area contributed by atoms with Crippen LogP contribution in [0.5, 0.6) is 5.75 Å². The predicted molar refractivity (Wildman–Crippen MR) is 86.2 cm³/mol. The quantitative estimate of drug-likeness (QED) is 0.831. The van der Waals surface area contributed by atoms with Crippen molar-refractivity contribution in [3.8, 4) is 5.75 Å². The minimum absolute atomic E-state index is 0.266. The molecule has 0 saturated carbocycles. The van der Waals surface area contributed by atoms with Crippen LogP contribution in [0, 0.1) is 12.8 Å². The molecule has 0 fully saturated rings. The second-order valence-electron chi connectivity index (χ2n) is 6.16. The molecule has 1 aromatic carbocycles. The van der Waals surface area contributed by atoms with E-state index in [9.17, 15) is 0 Å². The molecule has 0 bridgehead atoms. The van der Waals surface area contributed by atoms with Gasteiger partial charge in [-0.3, -0.25) is 4.90 Å². The highest BCUT2D eigenvalue weighted by Crippen LogP contribution is 2.27. The summed E-state index contributed by atoms with van der Waals surface area (Å²) in [6.45, 7) is 12.8. The van der Waals surface area contributed by atoms with Crippen LogP contribution in [0.2, 0.25) is 0 Å². The fourth-order valence-corrected chi connectivity index (χ4v) is 2.69. The van der Waals surface area contributed by atoms with E-state index in [-0.39, 0.29) is 6.04 Å². The first-order valence-corrected chi connectivity index (χ1v) is 7.51. The molecule has 1 unspecified atom stereocenters. The average Bonchev–Trinajstić information content (AvgIpc) is 2.38. The molecule has 2 N–H and O–H groups in total. The van der Waals surface area contributed by atoms with Crippen LogP contribution >= 0.6 is 0 Å². The summed E-state index contributed by atoms with van der Waals surface area (Å²) < 4.78 is 5.34. The van der Waals surface area contributed by atoms with Crippen LogP contribution < -0.4 is 10.5 Å². The van der Waals surface area contributed by atoms with Crippen LogP contribution in [0.4, 0.5) is 0 Å². The van der Waals surface area contributed by atoms with Gasteiger partial charge < -0.3 is 10.5 Å². The van der Waals surface area contributed by atoms with Crippen molar-refractivity contribution in [1.82, 2.24) is 4.90 Å². The van der Waals surface area contributed by atoms with Crippen LogP contribution in [-0.4, -0.2) is 31.1 Å². The number of methoxy groups -OCH3 is 1. The molecule has 0 amide bonds. The van der Waals surface area contributed by atoms with E-state index >= 15 is 0 Å². The Morgan fingerprint density at radius 2 is 1.85 bits per heavy atom. The summed E-state index contributed by atoms with van der Waals surface area (Å²) >= 11 is 0. The fourth-order valence-electron chi connectivity index (χ4n) is 2.69. The molecule has 0 aliphatic heterocycles. The van der Waals surface area contributed by atoms with Gasteiger partial charge in [0.15, 0.2) is 0 Å². The summed E-state index contributed by atoms with van der Waals surface area (Å²) in [6, 6.07) is 7.13. The lowest BCUT2D eigenvalue weighted by Crippen LogP contribution is -2.40. The van der Waals surface area contributed by atoms with Gasteiger partial charge in [0.2, 0.25) is 0 Å². The monoisotopic (exact) mass is 278 g/mol. The number of aryl methyl sites for hydroxylation is 1. The Kier molecular flexibility index (Phi) is 6.50. The minimum Gasteiger partial charge on any atom is -0.496 e. The number of ether oxygens (including phenoxy) is 1. The van der Waals surface area contributed by atoms with Crippen LogP contribution in [-0.2, 0) is 0 Å². The molecule has 3 heteroatoms. The van der Waals surface area contributed by atoms with Crippen LogP contribution in [0.3, 0.4) is 0 Å². The molecule has 0 aliphatic carbocycles. The Labute approximate surface area is 124 Å². The lowest BCUT2D eigenvalue weighted by Gasteiger charge is -2.36. The van der Waals surface area contributed by atoms with Gasteiger partial charge in [-0.1, -0.05) is 26.0 Å². The lowest BCUT2D eigenvalue weighted by molar-refractivity contribution is 0.138. The number of nitrogens with zero attached hydrogens (tertiary/aromatic N) is 1. The topological polar surface area (TPSA) is 38.5 Å². The average molecular weight is 278 g/mol. The Morgan fingerprint density at radius 1 is 1.20 bits per heavy atom. The van der Waals surface area contributed by atoms with E-state index in [0.29, 0.717) is 18.5 Å². The fraction of sp³-hybridized carbons (Fsp3) is 0.647. The Bertz CT molecular complexity index is 415. The molecule has 1 rings (SSSR count). The van der Waals surface area contributed by atoms with E-state index in [1.807, 2.05) is 6.07 Å². The highest BCUT2D eigenvalue weighted by atomic mass is 16.5. The second kappa shape index (κ2) is 7.65. The summed E-state index contributed by atoms with van der Waals surface area (Å²) in [4.78, 5) is 2.49. The maximum Gasteiger partial charge on any atom is 0.121 e. The molecule has 3 nitrogen and oxygen atoms in total. The molecule has 0 spiro atoms. The van der Waals surface area contributed by atoms with Gasteiger partial charge in [-0.15, -0.1) is 0 Å². The van der Waals surface area contributed by atoms with Crippen molar-refractivity contribution >= 4 is 0 Å². The van der Waals surface area contributed by atoms with Crippen molar-refractivity contribution in [3.63, 3.8) is 0 Å². The van der Waals surface area contributed by atoms with Crippen molar-refractivity contribution in [3.05, 3.63) is 29.3 Å². The first kappa shape index (κ1) is 17.0. The Balaban J connectivity index is 3.06. The summed E-state index contributed by atoms with van der Waals surface area (Å²) in [6.07, 6.45) is 0. The van der Waals surface area contributed by atoms with Crippen molar-refractivity contribution in [2.24, 2.45) is 11.7 Å². The maximum atomic E-state index is 6.07. The minimum atomic E-state index is 0.266. The van der Waals surface area contributed by atoms with Gasteiger partial charge in [0.05, 0.1) is 7.11 Å². The SMILES string of the molecule is COc1ccc(C(CN)N(CC(C)C)C(C)C)cc1C. The maximum absolute atomic E-state index is 6.07. The molecular formula is C17H30N2O. The zero-order valence-electron chi connectivity index (χ0n) is 13.8. The van der Waals surface area contributed by atoms with E-state index in [2.05, 4.69) is 51.7 Å². The van der Waals surface area contributed by atoms with Crippen molar-refractivity contribution in [2.75, 3.05) is 20.2 Å². The molecule has 0 radical (unpaired) electrons. The number of hydrogen-bond acceptors (Lipinski definition) is 3. The summed E-state index contributed by atoms with van der Waals surface area (Å²) in [5.41, 5.74) is 8.51. The summed E-state index contributed by atoms with van der Waals surface area (Å²) in [5, 5.41) is 0. The first-order valence-electron chi connectivity index (χ1n) is 7.51. The van der Waals surface area contributed by atoms with Gasteiger partial charge in [-0.05, 0) is 43.9 Å². The van der Waals surface area contributed by atoms with E-state index in [1.165, 1.54) is 5.56 Å². The molecule has 114 valence electrons. The number of hydrogen-bond donors (Lipinski definition) is 1. The van der Waals surface area contributed by atoms with Gasteiger partial charge in [0, 0.05) is 25.2 Å². The van der Waals surface area contributed by atoms with Crippen LogP contribution in [0.15, 0.2) is 18.2 Å². The van der Waals surface area contributed by atoms with E-state index < -0.39 is 0 Å². The zero-order chi connectivity index (χ0) is 15.3. The Hall–Kier alpha value is -1.06. The van der Waals surface area contributed by atoms with Crippen molar-refractivity contribution in [1.29, 1.82) is 0 Å². The van der Waals surface area contributed by atoms with E-state index in [1.54, 1.807) is 7.11 Å². The van der Waals surface area contributed by atoms with Gasteiger partial charge >= 0.3 is 0 Å². The standard InChI is InChI=1S/C17H30N2O/c1-12(2)11-19(13(3)4)16(10-18)15-7-8-17(20-6)14(5)9-15/h7-9,12-13,16H,10-11,18H2,1-6H3. The van der Waals surface area contributed by atoms with Gasteiger partial charge in [0.25, 0.3) is 0 Å². The molecule has 1 aromatic rings. The number of nitrogens with two attached hydrogens (primary N) is 1. The normalized spacial score (nSPS) is 13.3. The predicted octanol–water partition coefficient (Wildman–Crippen LogP) is 3.37. The highest BCUT2D eigenvalue weighted by Gasteiger charge is 2.22. The van der Waals surface area contributed by atoms with Crippen molar-refractivity contribution < 1.29 is 4.74 Å². The lowest BCUT2D eigenvalue weighted by atomic mass is 10.00. The van der Waals surface area contributed by atoms with Gasteiger partial charge in [-0.25, -0.2) is 0 Å². The molecule has 0 heterocycles.